The van der Waals surface area contributed by atoms with Crippen LogP contribution in [0.1, 0.15) is 12.8 Å². The molecule has 1 aliphatic rings. The Balaban J connectivity index is 1.79. The second-order valence-corrected chi connectivity index (χ2v) is 4.73. The first-order valence-corrected chi connectivity index (χ1v) is 6.06. The highest BCUT2D eigenvalue weighted by atomic mass is 79.9. The second kappa shape index (κ2) is 5.42. The fourth-order valence-electron chi connectivity index (χ4n) is 1.74. The molecule has 0 aromatic carbocycles. The van der Waals surface area contributed by atoms with Gasteiger partial charge in [0.2, 0.25) is 5.95 Å². The summed E-state index contributed by atoms with van der Waals surface area (Å²) in [7, 11) is 0. The van der Waals surface area contributed by atoms with Gasteiger partial charge in [0.1, 0.15) is 0 Å². The zero-order valence-electron chi connectivity index (χ0n) is 8.54. The van der Waals surface area contributed by atoms with Crippen LogP contribution in [0, 0.1) is 5.92 Å². The molecule has 0 aliphatic carbocycles. The third-order valence-electron chi connectivity index (χ3n) is 2.57. The number of halogens is 1. The van der Waals surface area contributed by atoms with E-state index in [1.807, 2.05) is 0 Å². The Morgan fingerprint density at radius 2 is 2.27 bits per heavy atom. The average Bonchev–Trinajstić information content (AvgIpc) is 2.30. The summed E-state index contributed by atoms with van der Waals surface area (Å²) in [6.45, 7) is 3.21. The quantitative estimate of drug-likeness (QED) is 0.877. The summed E-state index contributed by atoms with van der Waals surface area (Å²) >= 11 is 3.31. The lowest BCUT2D eigenvalue weighted by Gasteiger charge is -2.22. The van der Waals surface area contributed by atoms with E-state index in [1.165, 1.54) is 12.8 Å². The SMILES string of the molecule is Brc1cnc(NCC2CCCNC2)nc1. The minimum Gasteiger partial charge on any atom is -0.354 e. The Bertz CT molecular complexity index is 295. The lowest BCUT2D eigenvalue weighted by molar-refractivity contribution is 0.392. The number of anilines is 1. The standard InChI is InChI=1S/C10H15BrN4/c11-9-6-14-10(15-7-9)13-5-8-2-1-3-12-4-8/h6-8,12H,1-5H2,(H,13,14,15). The van der Waals surface area contributed by atoms with Crippen LogP contribution in [0.25, 0.3) is 0 Å². The van der Waals surface area contributed by atoms with Gasteiger partial charge in [-0.2, -0.15) is 0 Å². The number of hydrogen-bond donors (Lipinski definition) is 2. The van der Waals surface area contributed by atoms with Gasteiger partial charge in [0, 0.05) is 18.9 Å². The minimum absolute atomic E-state index is 0.700. The molecule has 5 heteroatoms. The monoisotopic (exact) mass is 270 g/mol. The van der Waals surface area contributed by atoms with E-state index in [4.69, 9.17) is 0 Å². The van der Waals surface area contributed by atoms with Crippen molar-refractivity contribution in [3.8, 4) is 0 Å². The Morgan fingerprint density at radius 3 is 2.93 bits per heavy atom. The molecule has 1 aromatic heterocycles. The second-order valence-electron chi connectivity index (χ2n) is 3.82. The highest BCUT2D eigenvalue weighted by Crippen LogP contribution is 2.11. The Labute approximate surface area is 98.0 Å². The summed E-state index contributed by atoms with van der Waals surface area (Å²) in [6, 6.07) is 0. The molecule has 0 saturated carbocycles. The number of piperidine rings is 1. The van der Waals surface area contributed by atoms with Gasteiger partial charge in [-0.25, -0.2) is 9.97 Å². The van der Waals surface area contributed by atoms with Gasteiger partial charge in [-0.15, -0.1) is 0 Å². The molecule has 82 valence electrons. The first kappa shape index (κ1) is 10.8. The normalized spacial score (nSPS) is 21.3. The van der Waals surface area contributed by atoms with E-state index in [9.17, 15) is 0 Å². The van der Waals surface area contributed by atoms with E-state index < -0.39 is 0 Å². The molecule has 1 aliphatic heterocycles. The van der Waals surface area contributed by atoms with Gasteiger partial charge < -0.3 is 10.6 Å². The maximum atomic E-state index is 4.17. The van der Waals surface area contributed by atoms with Crippen LogP contribution in [0.5, 0.6) is 0 Å². The molecule has 0 amide bonds. The summed E-state index contributed by atoms with van der Waals surface area (Å²) in [5.41, 5.74) is 0. The lowest BCUT2D eigenvalue weighted by atomic mass is 10.00. The Kier molecular flexibility index (Phi) is 3.91. The van der Waals surface area contributed by atoms with Gasteiger partial charge in [-0.1, -0.05) is 0 Å². The van der Waals surface area contributed by atoms with Crippen molar-refractivity contribution in [1.29, 1.82) is 0 Å². The first-order valence-electron chi connectivity index (χ1n) is 5.27. The molecular weight excluding hydrogens is 256 g/mol. The largest absolute Gasteiger partial charge is 0.354 e. The molecule has 2 N–H and O–H groups in total. The van der Waals surface area contributed by atoms with Gasteiger partial charge in [-0.05, 0) is 47.8 Å². The van der Waals surface area contributed by atoms with Gasteiger partial charge in [0.05, 0.1) is 4.47 Å². The predicted molar refractivity (Wildman–Crippen MR) is 63.8 cm³/mol. The van der Waals surface area contributed by atoms with Crippen LogP contribution in [0.15, 0.2) is 16.9 Å². The van der Waals surface area contributed by atoms with E-state index >= 15 is 0 Å². The molecule has 15 heavy (non-hydrogen) atoms. The van der Waals surface area contributed by atoms with E-state index in [0.717, 1.165) is 24.1 Å². The topological polar surface area (TPSA) is 49.8 Å². The Morgan fingerprint density at radius 1 is 1.47 bits per heavy atom. The summed E-state index contributed by atoms with van der Waals surface area (Å²) in [5, 5.41) is 6.65. The molecule has 0 radical (unpaired) electrons. The summed E-state index contributed by atoms with van der Waals surface area (Å²) in [6.07, 6.45) is 6.08. The molecule has 1 unspecified atom stereocenters. The number of nitrogens with one attached hydrogen (secondary N) is 2. The maximum Gasteiger partial charge on any atom is 0.222 e. The number of hydrogen-bond acceptors (Lipinski definition) is 4. The van der Waals surface area contributed by atoms with E-state index in [2.05, 4.69) is 36.5 Å². The van der Waals surface area contributed by atoms with E-state index in [1.54, 1.807) is 12.4 Å². The average molecular weight is 271 g/mol. The van der Waals surface area contributed by atoms with Crippen molar-refractivity contribution in [3.63, 3.8) is 0 Å². The van der Waals surface area contributed by atoms with Crippen molar-refractivity contribution in [2.75, 3.05) is 25.0 Å². The van der Waals surface area contributed by atoms with Crippen LogP contribution in [-0.2, 0) is 0 Å². The summed E-state index contributed by atoms with van der Waals surface area (Å²) in [4.78, 5) is 8.35. The minimum atomic E-state index is 0.700. The summed E-state index contributed by atoms with van der Waals surface area (Å²) in [5.74, 6) is 1.41. The molecule has 2 rings (SSSR count). The first-order chi connectivity index (χ1) is 7.34. The third kappa shape index (κ3) is 3.43. The smallest absolute Gasteiger partial charge is 0.222 e. The van der Waals surface area contributed by atoms with Crippen LogP contribution in [0.2, 0.25) is 0 Å². The van der Waals surface area contributed by atoms with Crippen molar-refractivity contribution in [2.45, 2.75) is 12.8 Å². The lowest BCUT2D eigenvalue weighted by Crippen LogP contribution is -2.33. The molecule has 0 spiro atoms. The van der Waals surface area contributed by atoms with Crippen LogP contribution in [0.3, 0.4) is 0 Å². The maximum absolute atomic E-state index is 4.17. The number of rotatable bonds is 3. The molecule has 0 bridgehead atoms. The molecule has 4 nitrogen and oxygen atoms in total. The van der Waals surface area contributed by atoms with Crippen LogP contribution in [0.4, 0.5) is 5.95 Å². The molecule has 1 saturated heterocycles. The Hall–Kier alpha value is -0.680. The van der Waals surface area contributed by atoms with Gasteiger partial charge in [0.25, 0.3) is 0 Å². The zero-order chi connectivity index (χ0) is 10.5. The fourth-order valence-corrected chi connectivity index (χ4v) is 1.94. The van der Waals surface area contributed by atoms with Crippen LogP contribution in [-0.4, -0.2) is 29.6 Å². The fraction of sp³-hybridized carbons (Fsp3) is 0.600. The van der Waals surface area contributed by atoms with E-state index in [0.29, 0.717) is 11.9 Å². The van der Waals surface area contributed by atoms with Crippen LogP contribution >= 0.6 is 15.9 Å². The van der Waals surface area contributed by atoms with Gasteiger partial charge in [-0.3, -0.25) is 0 Å². The van der Waals surface area contributed by atoms with Crippen molar-refractivity contribution in [2.24, 2.45) is 5.92 Å². The van der Waals surface area contributed by atoms with Crippen LogP contribution < -0.4 is 10.6 Å². The van der Waals surface area contributed by atoms with Crippen molar-refractivity contribution >= 4 is 21.9 Å². The third-order valence-corrected chi connectivity index (χ3v) is 2.98. The summed E-state index contributed by atoms with van der Waals surface area (Å²) < 4.78 is 0.910. The number of aromatic nitrogens is 2. The van der Waals surface area contributed by atoms with Gasteiger partial charge in [0.15, 0.2) is 0 Å². The molecular formula is C10H15BrN4. The van der Waals surface area contributed by atoms with Crippen molar-refractivity contribution in [3.05, 3.63) is 16.9 Å². The van der Waals surface area contributed by atoms with E-state index in [-0.39, 0.29) is 0 Å². The molecule has 1 atom stereocenters. The van der Waals surface area contributed by atoms with Gasteiger partial charge >= 0.3 is 0 Å². The van der Waals surface area contributed by atoms with Crippen molar-refractivity contribution in [1.82, 2.24) is 15.3 Å². The molecule has 1 fully saturated rings. The molecule has 2 heterocycles. The highest BCUT2D eigenvalue weighted by molar-refractivity contribution is 9.10. The number of nitrogens with zero attached hydrogens (tertiary/aromatic N) is 2. The highest BCUT2D eigenvalue weighted by Gasteiger charge is 2.12. The van der Waals surface area contributed by atoms with Crippen molar-refractivity contribution < 1.29 is 0 Å². The predicted octanol–water partition coefficient (Wildman–Crippen LogP) is 1.65. The molecule has 1 aromatic rings. The zero-order valence-corrected chi connectivity index (χ0v) is 10.1.